The van der Waals surface area contributed by atoms with Crippen molar-refractivity contribution in [3.05, 3.63) is 11.6 Å². The van der Waals surface area contributed by atoms with Crippen molar-refractivity contribution in [3.8, 4) is 0 Å². The maximum atomic E-state index is 10.7. The number of hydrogen-bond donors (Lipinski definition) is 3. The van der Waals surface area contributed by atoms with Crippen LogP contribution in [0, 0.1) is 0 Å². The summed E-state index contributed by atoms with van der Waals surface area (Å²) in [7, 11) is 1.37. The number of nitrogens with two attached hydrogens (primary N) is 1. The molecule has 0 aliphatic heterocycles. The highest BCUT2D eigenvalue weighted by molar-refractivity contribution is 6.00. The fourth-order valence-corrected chi connectivity index (χ4v) is 0.621. The van der Waals surface area contributed by atoms with E-state index in [9.17, 15) is 14.4 Å². The van der Waals surface area contributed by atoms with Crippen LogP contribution in [0.15, 0.2) is 11.6 Å². The van der Waals surface area contributed by atoms with Gasteiger partial charge in [-0.15, -0.1) is 0 Å². The molecule has 0 radical (unpaired) electrons. The van der Waals surface area contributed by atoms with Crippen LogP contribution in [-0.2, 0) is 14.4 Å². The van der Waals surface area contributed by atoms with Gasteiger partial charge >= 0.3 is 5.97 Å². The van der Waals surface area contributed by atoms with Gasteiger partial charge < -0.3 is 16.2 Å². The molecule has 0 fully saturated rings. The van der Waals surface area contributed by atoms with E-state index in [4.69, 9.17) is 10.8 Å². The molecule has 6 heteroatoms. The molecule has 0 rings (SSSR count). The Balaban J connectivity index is 4.54. The van der Waals surface area contributed by atoms with E-state index in [2.05, 4.69) is 5.32 Å². The molecule has 4 N–H and O–H groups in total. The second-order valence-corrected chi connectivity index (χ2v) is 2.23. The van der Waals surface area contributed by atoms with Crippen LogP contribution < -0.4 is 11.1 Å². The third-order valence-corrected chi connectivity index (χ3v) is 1.22. The normalized spacial score (nSPS) is 10.7. The number of amides is 2. The summed E-state index contributed by atoms with van der Waals surface area (Å²) >= 11 is 0. The zero-order valence-electron chi connectivity index (χ0n) is 7.03. The number of hydrogen-bond acceptors (Lipinski definition) is 3. The molecule has 0 aliphatic rings. The van der Waals surface area contributed by atoms with Crippen LogP contribution >= 0.6 is 0 Å². The van der Waals surface area contributed by atoms with Crippen molar-refractivity contribution in [1.29, 1.82) is 0 Å². The Morgan fingerprint density at radius 3 is 2.31 bits per heavy atom. The Morgan fingerprint density at radius 1 is 1.46 bits per heavy atom. The third kappa shape index (κ3) is 4.57. The number of carbonyl (C=O) groups is 3. The van der Waals surface area contributed by atoms with Gasteiger partial charge in [0.2, 0.25) is 11.8 Å². The predicted molar refractivity (Wildman–Crippen MR) is 43.6 cm³/mol. The number of carbonyl (C=O) groups excluding carboxylic acids is 2. The third-order valence-electron chi connectivity index (χ3n) is 1.22. The minimum absolute atomic E-state index is 0.327. The summed E-state index contributed by atoms with van der Waals surface area (Å²) in [4.78, 5) is 31.5. The minimum atomic E-state index is -1.33. The first-order valence-corrected chi connectivity index (χ1v) is 3.41. The highest BCUT2D eigenvalue weighted by Crippen LogP contribution is 2.00. The average Bonchev–Trinajstić information content (AvgIpc) is 2.02. The molecule has 0 saturated carbocycles. The molecule has 0 spiro atoms. The molecule has 0 unspecified atom stereocenters. The van der Waals surface area contributed by atoms with Gasteiger partial charge in [0.25, 0.3) is 0 Å². The fourth-order valence-electron chi connectivity index (χ4n) is 0.621. The van der Waals surface area contributed by atoms with Crippen molar-refractivity contribution in [2.24, 2.45) is 5.73 Å². The summed E-state index contributed by atoms with van der Waals surface area (Å²) in [5.74, 6) is -2.71. The van der Waals surface area contributed by atoms with Gasteiger partial charge in [0.05, 0.1) is 12.0 Å². The van der Waals surface area contributed by atoms with Gasteiger partial charge in [-0.2, -0.15) is 0 Å². The highest BCUT2D eigenvalue weighted by Gasteiger charge is 2.12. The number of carboxylic acids is 1. The summed E-state index contributed by atoms with van der Waals surface area (Å²) in [5.41, 5.74) is 4.41. The van der Waals surface area contributed by atoms with E-state index in [0.717, 1.165) is 6.08 Å². The zero-order valence-corrected chi connectivity index (χ0v) is 7.03. The van der Waals surface area contributed by atoms with Crippen LogP contribution in [0.5, 0.6) is 0 Å². The first-order chi connectivity index (χ1) is 5.97. The molecule has 72 valence electrons. The molecule has 0 atom stereocenters. The Labute approximate surface area is 74.4 Å². The van der Waals surface area contributed by atoms with Crippen molar-refractivity contribution < 1.29 is 19.5 Å². The summed E-state index contributed by atoms with van der Waals surface area (Å²) in [6.45, 7) is 0. The minimum Gasteiger partial charge on any atom is -0.478 e. The lowest BCUT2D eigenvalue weighted by Gasteiger charge is -1.99. The maximum Gasteiger partial charge on any atom is 0.332 e. The van der Waals surface area contributed by atoms with Crippen LogP contribution in [0.2, 0.25) is 0 Å². The Bertz CT molecular complexity index is 270. The summed E-state index contributed by atoms with van der Waals surface area (Å²) < 4.78 is 0. The lowest BCUT2D eigenvalue weighted by Crippen LogP contribution is -2.21. The van der Waals surface area contributed by atoms with Gasteiger partial charge in [-0.25, -0.2) is 4.79 Å². The van der Waals surface area contributed by atoms with Crippen molar-refractivity contribution in [3.63, 3.8) is 0 Å². The van der Waals surface area contributed by atoms with Crippen LogP contribution in [0.1, 0.15) is 6.42 Å². The SMILES string of the molecule is CNC(=O)C/C(=C/C(N)=O)C(=O)O. The maximum absolute atomic E-state index is 10.7. The molecule has 0 aromatic heterocycles. The van der Waals surface area contributed by atoms with Gasteiger partial charge in [-0.05, 0) is 0 Å². The summed E-state index contributed by atoms with van der Waals surface area (Å²) in [6.07, 6.45) is 0.354. The second-order valence-electron chi connectivity index (χ2n) is 2.23. The molecule has 0 saturated heterocycles. The van der Waals surface area contributed by atoms with E-state index in [0.29, 0.717) is 0 Å². The molecule has 0 heterocycles. The largest absolute Gasteiger partial charge is 0.478 e. The molecule has 0 aliphatic carbocycles. The number of carboxylic acid groups (broad SMARTS) is 1. The zero-order chi connectivity index (χ0) is 10.4. The van der Waals surface area contributed by atoms with Crippen molar-refractivity contribution >= 4 is 17.8 Å². The number of aliphatic carboxylic acids is 1. The number of nitrogens with one attached hydrogen (secondary N) is 1. The van der Waals surface area contributed by atoms with E-state index in [1.165, 1.54) is 7.05 Å². The van der Waals surface area contributed by atoms with Crippen LogP contribution in [0.25, 0.3) is 0 Å². The van der Waals surface area contributed by atoms with Gasteiger partial charge in [-0.3, -0.25) is 9.59 Å². The molecule has 0 bridgehead atoms. The Hall–Kier alpha value is -1.85. The topological polar surface area (TPSA) is 109 Å². The Kier molecular flexibility index (Phi) is 4.21. The molecule has 6 nitrogen and oxygen atoms in total. The van der Waals surface area contributed by atoms with Gasteiger partial charge in [-0.1, -0.05) is 0 Å². The van der Waals surface area contributed by atoms with E-state index in [1.807, 2.05) is 0 Å². The molecule has 0 aromatic carbocycles. The fraction of sp³-hybridized carbons (Fsp3) is 0.286. The van der Waals surface area contributed by atoms with Crippen LogP contribution in [0.4, 0.5) is 0 Å². The first kappa shape index (κ1) is 11.2. The molecule has 13 heavy (non-hydrogen) atoms. The second kappa shape index (κ2) is 4.91. The lowest BCUT2D eigenvalue weighted by molar-refractivity contribution is -0.134. The first-order valence-electron chi connectivity index (χ1n) is 3.41. The lowest BCUT2D eigenvalue weighted by atomic mass is 10.1. The van der Waals surface area contributed by atoms with Crippen molar-refractivity contribution in [2.75, 3.05) is 7.05 Å². The molecule has 0 aromatic rings. The molecule has 2 amide bonds. The van der Waals surface area contributed by atoms with E-state index < -0.39 is 17.8 Å². The predicted octanol–water partition coefficient (Wildman–Crippen LogP) is -1.38. The quantitative estimate of drug-likeness (QED) is 0.470. The van der Waals surface area contributed by atoms with Crippen molar-refractivity contribution in [1.82, 2.24) is 5.32 Å². The van der Waals surface area contributed by atoms with Gasteiger partial charge in [0, 0.05) is 13.1 Å². The summed E-state index contributed by atoms with van der Waals surface area (Å²) in [5, 5.41) is 10.7. The van der Waals surface area contributed by atoms with Crippen LogP contribution in [-0.4, -0.2) is 29.9 Å². The highest BCUT2D eigenvalue weighted by atomic mass is 16.4. The van der Waals surface area contributed by atoms with Crippen LogP contribution in [0.3, 0.4) is 0 Å². The standard InChI is InChI=1S/C7H10N2O4/c1-9-6(11)3-4(7(12)13)2-5(8)10/h2H,3H2,1H3,(H2,8,10)(H,9,11)(H,12,13)/b4-2-. The number of rotatable bonds is 4. The monoisotopic (exact) mass is 186 g/mol. The van der Waals surface area contributed by atoms with E-state index in [-0.39, 0.29) is 12.0 Å². The van der Waals surface area contributed by atoms with E-state index >= 15 is 0 Å². The summed E-state index contributed by atoms with van der Waals surface area (Å²) in [6, 6.07) is 0. The number of primary amides is 1. The average molecular weight is 186 g/mol. The molecular weight excluding hydrogens is 176 g/mol. The molecular formula is C7H10N2O4. The van der Waals surface area contributed by atoms with Crippen molar-refractivity contribution in [2.45, 2.75) is 6.42 Å². The van der Waals surface area contributed by atoms with Gasteiger partial charge in [0.1, 0.15) is 0 Å². The van der Waals surface area contributed by atoms with E-state index in [1.54, 1.807) is 0 Å². The Morgan fingerprint density at radius 2 is 2.00 bits per heavy atom. The smallest absolute Gasteiger partial charge is 0.332 e. The van der Waals surface area contributed by atoms with Gasteiger partial charge in [0.15, 0.2) is 0 Å².